The zero-order chi connectivity index (χ0) is 11.8. The fourth-order valence-corrected chi connectivity index (χ4v) is 1.09. The van der Waals surface area contributed by atoms with Crippen molar-refractivity contribution in [2.45, 2.75) is 27.7 Å². The van der Waals surface area contributed by atoms with Gasteiger partial charge in [0.2, 0.25) is 0 Å². The predicted octanol–water partition coefficient (Wildman–Crippen LogP) is 1.70. The molecule has 0 fully saturated rings. The molecule has 0 bridgehead atoms. The van der Waals surface area contributed by atoms with Crippen LogP contribution in [0.25, 0.3) is 0 Å². The van der Waals surface area contributed by atoms with Gasteiger partial charge in [-0.2, -0.15) is 0 Å². The Bertz CT molecular complexity index is 237. The molecule has 0 aromatic heterocycles. The smallest absolute Gasteiger partial charge is 0.324 e. The van der Waals surface area contributed by atoms with E-state index in [2.05, 4.69) is 0 Å². The second-order valence-electron chi connectivity index (χ2n) is 2.97. The molecule has 15 heavy (non-hydrogen) atoms. The number of hydrogen-bond donors (Lipinski definition) is 0. The van der Waals surface area contributed by atoms with Gasteiger partial charge in [0.05, 0.1) is 13.2 Å². The molecule has 0 atom stereocenters. The van der Waals surface area contributed by atoms with Crippen LogP contribution in [0.4, 0.5) is 0 Å². The van der Waals surface area contributed by atoms with Crippen LogP contribution in [-0.4, -0.2) is 25.2 Å². The van der Waals surface area contributed by atoms with Crippen molar-refractivity contribution < 1.29 is 19.1 Å². The highest BCUT2D eigenvalue weighted by molar-refractivity contribution is 5.98. The molecule has 0 heterocycles. The van der Waals surface area contributed by atoms with Crippen LogP contribution in [0.5, 0.6) is 0 Å². The Kier molecular flexibility index (Phi) is 6.42. The van der Waals surface area contributed by atoms with E-state index >= 15 is 0 Å². The number of carbonyl (C=O) groups is 2. The second-order valence-corrected chi connectivity index (χ2v) is 2.97. The van der Waals surface area contributed by atoms with E-state index in [-0.39, 0.29) is 13.2 Å². The first kappa shape index (κ1) is 13.7. The third-order valence-electron chi connectivity index (χ3n) is 1.96. The lowest BCUT2D eigenvalue weighted by Crippen LogP contribution is -2.29. The number of rotatable bonds is 5. The minimum atomic E-state index is -0.921. The van der Waals surface area contributed by atoms with Gasteiger partial charge < -0.3 is 9.47 Å². The summed E-state index contributed by atoms with van der Waals surface area (Å²) in [5.74, 6) is -2.02. The Morgan fingerprint density at radius 1 is 1.13 bits per heavy atom. The van der Waals surface area contributed by atoms with E-state index in [1.54, 1.807) is 33.8 Å². The van der Waals surface area contributed by atoms with Crippen molar-refractivity contribution in [3.63, 3.8) is 0 Å². The molecule has 0 saturated heterocycles. The number of ether oxygens (including phenoxy) is 2. The van der Waals surface area contributed by atoms with Gasteiger partial charge in [0, 0.05) is 0 Å². The van der Waals surface area contributed by atoms with Gasteiger partial charge in [0.25, 0.3) is 0 Å². The first-order chi connectivity index (χ1) is 7.08. The predicted molar refractivity (Wildman–Crippen MR) is 56.2 cm³/mol. The first-order valence-electron chi connectivity index (χ1n) is 5.04. The Balaban J connectivity index is 4.73. The van der Waals surface area contributed by atoms with Crippen molar-refractivity contribution in [2.75, 3.05) is 13.2 Å². The lowest BCUT2D eigenvalue weighted by molar-refractivity contribution is -0.159. The molecule has 0 aromatic rings. The van der Waals surface area contributed by atoms with Crippen molar-refractivity contribution in [2.24, 2.45) is 5.92 Å². The lowest BCUT2D eigenvalue weighted by Gasteiger charge is -2.14. The summed E-state index contributed by atoms with van der Waals surface area (Å²) in [6, 6.07) is 0. The highest BCUT2D eigenvalue weighted by atomic mass is 16.6. The molecular formula is C11H18O4. The fourth-order valence-electron chi connectivity index (χ4n) is 1.09. The van der Waals surface area contributed by atoms with Gasteiger partial charge in [-0.15, -0.1) is 0 Å². The molecule has 0 aliphatic rings. The van der Waals surface area contributed by atoms with Gasteiger partial charge in [0.1, 0.15) is 0 Å². The minimum Gasteiger partial charge on any atom is -0.465 e. The molecule has 0 radical (unpaired) electrons. The third kappa shape index (κ3) is 4.14. The molecule has 0 N–H and O–H groups in total. The molecule has 0 saturated carbocycles. The van der Waals surface area contributed by atoms with Crippen LogP contribution in [0.15, 0.2) is 11.6 Å². The summed E-state index contributed by atoms with van der Waals surface area (Å²) in [5.41, 5.74) is 0.645. The van der Waals surface area contributed by atoms with Crippen LogP contribution in [0.3, 0.4) is 0 Å². The Labute approximate surface area is 90.2 Å². The summed E-state index contributed by atoms with van der Waals surface area (Å²) in [6.07, 6.45) is 1.71. The highest BCUT2D eigenvalue weighted by Crippen LogP contribution is 2.14. The van der Waals surface area contributed by atoms with Crippen LogP contribution in [0, 0.1) is 5.92 Å². The average Bonchev–Trinajstić information content (AvgIpc) is 2.18. The van der Waals surface area contributed by atoms with Crippen LogP contribution >= 0.6 is 0 Å². The zero-order valence-electron chi connectivity index (χ0n) is 9.70. The van der Waals surface area contributed by atoms with E-state index in [1.165, 1.54) is 0 Å². The van der Waals surface area contributed by atoms with E-state index in [1.807, 2.05) is 0 Å². The molecule has 0 rings (SSSR count). The molecular weight excluding hydrogens is 196 g/mol. The van der Waals surface area contributed by atoms with Crippen molar-refractivity contribution in [1.29, 1.82) is 0 Å². The number of hydrogen-bond acceptors (Lipinski definition) is 4. The van der Waals surface area contributed by atoms with Gasteiger partial charge in [-0.3, -0.25) is 9.59 Å². The number of allylic oxidation sites excluding steroid dienone is 1. The van der Waals surface area contributed by atoms with E-state index in [0.717, 1.165) is 0 Å². The van der Waals surface area contributed by atoms with Crippen molar-refractivity contribution >= 4 is 11.9 Å². The van der Waals surface area contributed by atoms with E-state index < -0.39 is 17.9 Å². The van der Waals surface area contributed by atoms with Crippen LogP contribution in [0.1, 0.15) is 27.7 Å². The van der Waals surface area contributed by atoms with Crippen molar-refractivity contribution in [3.05, 3.63) is 11.6 Å². The molecule has 4 heteroatoms. The third-order valence-corrected chi connectivity index (χ3v) is 1.96. The van der Waals surface area contributed by atoms with Gasteiger partial charge in [0.15, 0.2) is 5.92 Å². The van der Waals surface area contributed by atoms with Gasteiger partial charge in [-0.05, 0) is 27.7 Å². The van der Waals surface area contributed by atoms with Crippen molar-refractivity contribution in [3.8, 4) is 0 Å². The maximum Gasteiger partial charge on any atom is 0.324 e. The van der Waals surface area contributed by atoms with E-state index in [9.17, 15) is 9.59 Å². The molecule has 0 aromatic carbocycles. The molecule has 0 spiro atoms. The quantitative estimate of drug-likeness (QED) is 0.397. The molecule has 0 unspecified atom stereocenters. The molecule has 0 aliphatic heterocycles. The monoisotopic (exact) mass is 214 g/mol. The minimum absolute atomic E-state index is 0.256. The average molecular weight is 214 g/mol. The largest absolute Gasteiger partial charge is 0.465 e. The SMILES string of the molecule is C/C=C(\C)C(C(=O)OCC)C(=O)OCC. The summed E-state index contributed by atoms with van der Waals surface area (Å²) < 4.78 is 9.63. The Morgan fingerprint density at radius 2 is 1.53 bits per heavy atom. The number of carbonyl (C=O) groups excluding carboxylic acids is 2. The van der Waals surface area contributed by atoms with Gasteiger partial charge in [-0.1, -0.05) is 11.6 Å². The molecule has 4 nitrogen and oxygen atoms in total. The normalized spacial score (nSPS) is 11.4. The summed E-state index contributed by atoms with van der Waals surface area (Å²) in [6.45, 7) is 7.38. The lowest BCUT2D eigenvalue weighted by atomic mass is 10.0. The van der Waals surface area contributed by atoms with E-state index in [4.69, 9.17) is 9.47 Å². The highest BCUT2D eigenvalue weighted by Gasteiger charge is 2.30. The van der Waals surface area contributed by atoms with Crippen LogP contribution in [-0.2, 0) is 19.1 Å². The van der Waals surface area contributed by atoms with Crippen LogP contribution < -0.4 is 0 Å². The molecule has 86 valence electrons. The Morgan fingerprint density at radius 3 is 1.80 bits per heavy atom. The standard InChI is InChI=1S/C11H18O4/c1-5-8(4)9(10(12)14-6-2)11(13)15-7-3/h5,9H,6-7H2,1-4H3/b8-5+. The summed E-state index contributed by atoms with van der Waals surface area (Å²) in [5, 5.41) is 0. The fraction of sp³-hybridized carbons (Fsp3) is 0.636. The maximum atomic E-state index is 11.5. The zero-order valence-corrected chi connectivity index (χ0v) is 9.70. The number of esters is 2. The summed E-state index contributed by atoms with van der Waals surface area (Å²) in [4.78, 5) is 23.0. The Hall–Kier alpha value is -1.32. The first-order valence-corrected chi connectivity index (χ1v) is 5.04. The van der Waals surface area contributed by atoms with Crippen LogP contribution in [0.2, 0.25) is 0 Å². The van der Waals surface area contributed by atoms with Gasteiger partial charge >= 0.3 is 11.9 Å². The van der Waals surface area contributed by atoms with Crippen molar-refractivity contribution in [1.82, 2.24) is 0 Å². The second kappa shape index (κ2) is 7.04. The van der Waals surface area contributed by atoms with E-state index in [0.29, 0.717) is 5.57 Å². The topological polar surface area (TPSA) is 52.6 Å². The molecule has 0 aliphatic carbocycles. The summed E-state index contributed by atoms with van der Waals surface area (Å²) in [7, 11) is 0. The molecule has 0 amide bonds. The maximum absolute atomic E-state index is 11.5. The summed E-state index contributed by atoms with van der Waals surface area (Å²) >= 11 is 0. The van der Waals surface area contributed by atoms with Gasteiger partial charge in [-0.25, -0.2) is 0 Å².